The highest BCUT2D eigenvalue weighted by atomic mass is 79.9. The molecular weight excluding hydrogens is 300 g/mol. The van der Waals surface area contributed by atoms with Crippen molar-refractivity contribution in [2.24, 2.45) is 5.73 Å². The van der Waals surface area contributed by atoms with Crippen molar-refractivity contribution in [3.8, 4) is 5.75 Å². The standard InChI is InChI=1S/C10H10BrF2NO3/c11-5-3-4(6(14)1-2-7(15)16)8(12)9(13)10(5)17/h3,6,17H,1-2,14H2,(H,15,16). The van der Waals surface area contributed by atoms with Crippen molar-refractivity contribution in [1.82, 2.24) is 0 Å². The molecule has 17 heavy (non-hydrogen) atoms. The zero-order valence-corrected chi connectivity index (χ0v) is 10.2. The smallest absolute Gasteiger partial charge is 0.303 e. The molecular formula is C10H10BrF2NO3. The summed E-state index contributed by atoms with van der Waals surface area (Å²) in [6, 6.07) is 0.192. The molecule has 94 valence electrons. The average Bonchev–Trinajstić information content (AvgIpc) is 2.28. The van der Waals surface area contributed by atoms with Crippen molar-refractivity contribution in [3.05, 3.63) is 27.7 Å². The molecule has 0 fully saturated rings. The summed E-state index contributed by atoms with van der Waals surface area (Å²) in [5.74, 6) is -4.57. The van der Waals surface area contributed by atoms with E-state index in [0.29, 0.717) is 0 Å². The number of hydrogen-bond acceptors (Lipinski definition) is 3. The van der Waals surface area contributed by atoms with E-state index in [-0.39, 0.29) is 22.9 Å². The Bertz CT molecular complexity index is 454. The topological polar surface area (TPSA) is 83.6 Å². The first-order chi connectivity index (χ1) is 7.84. The fourth-order valence-electron chi connectivity index (χ4n) is 1.31. The molecule has 0 spiro atoms. The molecule has 1 atom stereocenters. The van der Waals surface area contributed by atoms with Crippen LogP contribution in [0.3, 0.4) is 0 Å². The number of nitrogens with two attached hydrogens (primary N) is 1. The maximum absolute atomic E-state index is 13.4. The van der Waals surface area contributed by atoms with E-state index in [2.05, 4.69) is 15.9 Å². The summed E-state index contributed by atoms with van der Waals surface area (Å²) in [7, 11) is 0. The van der Waals surface area contributed by atoms with Crippen molar-refractivity contribution in [2.75, 3.05) is 0 Å². The predicted molar refractivity (Wildman–Crippen MR) is 59.5 cm³/mol. The van der Waals surface area contributed by atoms with Gasteiger partial charge in [0.2, 0.25) is 5.82 Å². The lowest BCUT2D eigenvalue weighted by molar-refractivity contribution is -0.137. The van der Waals surface area contributed by atoms with Crippen LogP contribution < -0.4 is 5.73 Å². The van der Waals surface area contributed by atoms with E-state index in [1.54, 1.807) is 0 Å². The fraction of sp³-hybridized carbons (Fsp3) is 0.300. The van der Waals surface area contributed by atoms with Gasteiger partial charge in [0.15, 0.2) is 11.6 Å². The van der Waals surface area contributed by atoms with Crippen LogP contribution in [0.1, 0.15) is 24.4 Å². The average molecular weight is 310 g/mol. The third-order valence-corrected chi connectivity index (χ3v) is 2.84. The normalized spacial score (nSPS) is 12.5. The van der Waals surface area contributed by atoms with Crippen LogP contribution in [-0.2, 0) is 4.79 Å². The van der Waals surface area contributed by atoms with Gasteiger partial charge in [-0.3, -0.25) is 4.79 Å². The highest BCUT2D eigenvalue weighted by Crippen LogP contribution is 2.33. The zero-order chi connectivity index (χ0) is 13.2. The van der Waals surface area contributed by atoms with Crippen LogP contribution in [0.5, 0.6) is 5.75 Å². The quantitative estimate of drug-likeness (QED) is 0.745. The maximum atomic E-state index is 13.4. The molecule has 4 nitrogen and oxygen atoms in total. The summed E-state index contributed by atoms with van der Waals surface area (Å²) in [5.41, 5.74) is 5.39. The number of carboxylic acid groups (broad SMARTS) is 1. The number of benzene rings is 1. The molecule has 0 saturated heterocycles. The van der Waals surface area contributed by atoms with Crippen LogP contribution in [0.4, 0.5) is 8.78 Å². The van der Waals surface area contributed by atoms with Crippen LogP contribution in [0.15, 0.2) is 10.5 Å². The van der Waals surface area contributed by atoms with Gasteiger partial charge in [0.1, 0.15) is 0 Å². The highest BCUT2D eigenvalue weighted by Gasteiger charge is 2.21. The Morgan fingerprint density at radius 3 is 2.59 bits per heavy atom. The van der Waals surface area contributed by atoms with E-state index in [1.807, 2.05) is 0 Å². The van der Waals surface area contributed by atoms with Gasteiger partial charge in [0, 0.05) is 18.0 Å². The van der Waals surface area contributed by atoms with Gasteiger partial charge in [-0.05, 0) is 28.4 Å². The lowest BCUT2D eigenvalue weighted by atomic mass is 10.0. The van der Waals surface area contributed by atoms with Crippen LogP contribution in [-0.4, -0.2) is 16.2 Å². The lowest BCUT2D eigenvalue weighted by Crippen LogP contribution is -2.15. The van der Waals surface area contributed by atoms with Gasteiger partial charge >= 0.3 is 5.97 Å². The van der Waals surface area contributed by atoms with Crippen molar-refractivity contribution in [1.29, 1.82) is 0 Å². The molecule has 0 aromatic heterocycles. The Hall–Kier alpha value is -1.21. The van der Waals surface area contributed by atoms with Gasteiger partial charge in [-0.25, -0.2) is 4.39 Å². The van der Waals surface area contributed by atoms with Gasteiger partial charge in [0.05, 0.1) is 4.47 Å². The second-order valence-electron chi connectivity index (χ2n) is 3.46. The number of carbonyl (C=O) groups is 1. The minimum absolute atomic E-state index is 0.0249. The largest absolute Gasteiger partial charge is 0.504 e. The lowest BCUT2D eigenvalue weighted by Gasteiger charge is -2.13. The Morgan fingerprint density at radius 1 is 1.47 bits per heavy atom. The molecule has 7 heteroatoms. The molecule has 0 bridgehead atoms. The fourth-order valence-corrected chi connectivity index (χ4v) is 1.73. The van der Waals surface area contributed by atoms with Crippen LogP contribution in [0.2, 0.25) is 0 Å². The molecule has 0 saturated carbocycles. The number of aliphatic carboxylic acids is 1. The van der Waals surface area contributed by atoms with E-state index >= 15 is 0 Å². The Morgan fingerprint density at radius 2 is 2.06 bits per heavy atom. The van der Waals surface area contributed by atoms with Crippen LogP contribution in [0, 0.1) is 11.6 Å². The molecule has 0 aliphatic heterocycles. The number of halogens is 3. The molecule has 0 aliphatic rings. The SMILES string of the molecule is NC(CCC(=O)O)c1cc(Br)c(O)c(F)c1F. The number of rotatable bonds is 4. The summed E-state index contributed by atoms with van der Waals surface area (Å²) >= 11 is 2.85. The molecule has 0 heterocycles. The number of carboxylic acids is 1. The second kappa shape index (κ2) is 5.42. The van der Waals surface area contributed by atoms with Gasteiger partial charge < -0.3 is 15.9 Å². The summed E-state index contributed by atoms with van der Waals surface area (Å²) in [6.07, 6.45) is -0.274. The first-order valence-electron chi connectivity index (χ1n) is 4.68. The Kier molecular flexibility index (Phi) is 4.41. The molecule has 1 rings (SSSR count). The van der Waals surface area contributed by atoms with Crippen molar-refractivity contribution in [2.45, 2.75) is 18.9 Å². The minimum Gasteiger partial charge on any atom is -0.504 e. The Labute approximate surface area is 104 Å². The second-order valence-corrected chi connectivity index (χ2v) is 4.32. The monoisotopic (exact) mass is 309 g/mol. The van der Waals surface area contributed by atoms with E-state index in [4.69, 9.17) is 15.9 Å². The molecule has 4 N–H and O–H groups in total. The first kappa shape index (κ1) is 13.9. The summed E-state index contributed by atoms with van der Waals surface area (Å²) in [4.78, 5) is 10.3. The number of phenolic OH excluding ortho intramolecular Hbond substituents is 1. The Balaban J connectivity index is 3.02. The minimum atomic E-state index is -1.40. The molecule has 0 amide bonds. The van der Waals surface area contributed by atoms with Gasteiger partial charge in [-0.2, -0.15) is 4.39 Å². The van der Waals surface area contributed by atoms with E-state index in [0.717, 1.165) is 6.07 Å². The van der Waals surface area contributed by atoms with Crippen molar-refractivity contribution >= 4 is 21.9 Å². The molecule has 0 aliphatic carbocycles. The zero-order valence-electron chi connectivity index (χ0n) is 8.58. The molecule has 1 unspecified atom stereocenters. The molecule has 1 aromatic rings. The summed E-state index contributed by atoms with van der Waals surface area (Å²) < 4.78 is 26.6. The van der Waals surface area contributed by atoms with Crippen molar-refractivity contribution in [3.63, 3.8) is 0 Å². The summed E-state index contributed by atoms with van der Waals surface area (Å²) in [6.45, 7) is 0. The maximum Gasteiger partial charge on any atom is 0.303 e. The van der Waals surface area contributed by atoms with E-state index < -0.39 is 29.4 Å². The van der Waals surface area contributed by atoms with Crippen molar-refractivity contribution < 1.29 is 23.8 Å². The van der Waals surface area contributed by atoms with E-state index in [1.165, 1.54) is 0 Å². The van der Waals surface area contributed by atoms with Gasteiger partial charge in [-0.1, -0.05) is 0 Å². The van der Waals surface area contributed by atoms with Gasteiger partial charge in [-0.15, -0.1) is 0 Å². The van der Waals surface area contributed by atoms with E-state index in [9.17, 15) is 13.6 Å². The highest BCUT2D eigenvalue weighted by molar-refractivity contribution is 9.10. The molecule has 0 radical (unpaired) electrons. The summed E-state index contributed by atoms with van der Waals surface area (Å²) in [5, 5.41) is 17.6. The molecule has 1 aromatic carbocycles. The first-order valence-corrected chi connectivity index (χ1v) is 5.47. The number of aromatic hydroxyl groups is 1. The van der Waals surface area contributed by atoms with Crippen LogP contribution in [0.25, 0.3) is 0 Å². The third kappa shape index (κ3) is 3.13. The third-order valence-electron chi connectivity index (χ3n) is 2.23. The predicted octanol–water partition coefficient (Wildman–Crippen LogP) is 2.30. The number of hydrogen-bond donors (Lipinski definition) is 3. The van der Waals surface area contributed by atoms with Gasteiger partial charge in [0.25, 0.3) is 0 Å². The number of phenols is 1. The van der Waals surface area contributed by atoms with Crippen LogP contribution >= 0.6 is 15.9 Å².